The van der Waals surface area contributed by atoms with E-state index in [4.69, 9.17) is 5.11 Å². The van der Waals surface area contributed by atoms with Gasteiger partial charge in [-0.25, -0.2) is 9.78 Å². The number of hydrogen-bond acceptors (Lipinski definition) is 3. The lowest BCUT2D eigenvalue weighted by molar-refractivity contribution is 0.0690. The maximum absolute atomic E-state index is 10.7. The van der Waals surface area contributed by atoms with Crippen molar-refractivity contribution < 1.29 is 9.90 Å². The van der Waals surface area contributed by atoms with Crippen LogP contribution in [-0.4, -0.2) is 23.1 Å². The van der Waals surface area contributed by atoms with Gasteiger partial charge in [0.2, 0.25) is 0 Å². The summed E-state index contributed by atoms with van der Waals surface area (Å²) >= 11 is 0. The molecule has 2 aromatic rings. The highest BCUT2D eigenvalue weighted by atomic mass is 16.4. The summed E-state index contributed by atoms with van der Waals surface area (Å²) in [5.74, 6) is -1.01. The Hall–Kier alpha value is -2.36. The summed E-state index contributed by atoms with van der Waals surface area (Å²) in [6, 6.07) is 11.6. The van der Waals surface area contributed by atoms with Gasteiger partial charge >= 0.3 is 5.97 Å². The van der Waals surface area contributed by atoms with E-state index in [0.29, 0.717) is 0 Å². The number of nitrogens with zero attached hydrogens (tertiary/aromatic N) is 2. The molecule has 0 bridgehead atoms. The maximum Gasteiger partial charge on any atom is 0.354 e. The first-order valence-corrected chi connectivity index (χ1v) is 6.02. The second kappa shape index (κ2) is 5.52. The third kappa shape index (κ3) is 3.31. The molecule has 1 aromatic heterocycles. The second-order valence-corrected chi connectivity index (χ2v) is 4.55. The average molecular weight is 256 g/mol. The van der Waals surface area contributed by atoms with Crippen molar-refractivity contribution in [3.8, 4) is 0 Å². The zero-order chi connectivity index (χ0) is 13.8. The number of benzene rings is 1. The first-order chi connectivity index (χ1) is 9.06. The Morgan fingerprint density at radius 2 is 1.89 bits per heavy atom. The van der Waals surface area contributed by atoms with Crippen LogP contribution in [0.1, 0.15) is 21.6 Å². The van der Waals surface area contributed by atoms with Crippen molar-refractivity contribution in [3.05, 3.63) is 59.4 Å². The standard InChI is InChI=1S/C15H16N2O2/c1-11-3-5-12(6-4-11)10-17(2)13-7-8-14(15(18)19)16-9-13/h3-9H,10H2,1-2H3,(H,18,19). The Morgan fingerprint density at radius 3 is 2.42 bits per heavy atom. The molecule has 0 aliphatic rings. The van der Waals surface area contributed by atoms with Crippen LogP contribution in [0.15, 0.2) is 42.6 Å². The van der Waals surface area contributed by atoms with Crippen LogP contribution in [0, 0.1) is 6.92 Å². The molecule has 0 atom stereocenters. The Labute approximate surface area is 112 Å². The fourth-order valence-corrected chi connectivity index (χ4v) is 1.80. The maximum atomic E-state index is 10.7. The lowest BCUT2D eigenvalue weighted by atomic mass is 10.1. The molecular formula is C15H16N2O2. The summed E-state index contributed by atoms with van der Waals surface area (Å²) in [6.45, 7) is 2.82. The molecule has 0 spiro atoms. The molecule has 1 aromatic carbocycles. The molecule has 4 heteroatoms. The zero-order valence-electron chi connectivity index (χ0n) is 11.0. The van der Waals surface area contributed by atoms with Gasteiger partial charge in [-0.05, 0) is 24.6 Å². The van der Waals surface area contributed by atoms with Gasteiger partial charge in [0.1, 0.15) is 5.69 Å². The lowest BCUT2D eigenvalue weighted by Crippen LogP contribution is -2.16. The van der Waals surface area contributed by atoms with Crippen LogP contribution in [-0.2, 0) is 6.54 Å². The number of carboxylic acids is 1. The second-order valence-electron chi connectivity index (χ2n) is 4.55. The molecule has 0 saturated heterocycles. The predicted molar refractivity (Wildman–Crippen MR) is 74.5 cm³/mol. The SMILES string of the molecule is Cc1ccc(CN(C)c2ccc(C(=O)O)nc2)cc1. The van der Waals surface area contributed by atoms with Gasteiger partial charge in [-0.3, -0.25) is 0 Å². The largest absolute Gasteiger partial charge is 0.477 e. The van der Waals surface area contributed by atoms with Gasteiger partial charge in [-0.2, -0.15) is 0 Å². The van der Waals surface area contributed by atoms with E-state index < -0.39 is 5.97 Å². The van der Waals surface area contributed by atoms with Crippen molar-refractivity contribution in [1.82, 2.24) is 4.98 Å². The van der Waals surface area contributed by atoms with Crippen LogP contribution in [0.3, 0.4) is 0 Å². The number of carbonyl (C=O) groups is 1. The molecule has 0 radical (unpaired) electrons. The number of hydrogen-bond donors (Lipinski definition) is 1. The van der Waals surface area contributed by atoms with E-state index >= 15 is 0 Å². The van der Waals surface area contributed by atoms with Crippen LogP contribution in [0.25, 0.3) is 0 Å². The smallest absolute Gasteiger partial charge is 0.354 e. The van der Waals surface area contributed by atoms with Gasteiger partial charge in [-0.15, -0.1) is 0 Å². The monoisotopic (exact) mass is 256 g/mol. The summed E-state index contributed by atoms with van der Waals surface area (Å²) in [4.78, 5) is 16.7. The van der Waals surface area contributed by atoms with Crippen LogP contribution >= 0.6 is 0 Å². The number of rotatable bonds is 4. The van der Waals surface area contributed by atoms with E-state index in [1.807, 2.05) is 11.9 Å². The molecule has 0 amide bonds. The molecule has 2 rings (SSSR count). The summed E-state index contributed by atoms with van der Waals surface area (Å²) in [7, 11) is 1.96. The van der Waals surface area contributed by atoms with Crippen LogP contribution < -0.4 is 4.90 Å². The van der Waals surface area contributed by atoms with E-state index in [0.717, 1.165) is 12.2 Å². The fraction of sp³-hybridized carbons (Fsp3) is 0.200. The van der Waals surface area contributed by atoms with Crippen molar-refractivity contribution in [2.75, 3.05) is 11.9 Å². The van der Waals surface area contributed by atoms with Crippen molar-refractivity contribution >= 4 is 11.7 Å². The van der Waals surface area contributed by atoms with E-state index in [9.17, 15) is 4.79 Å². The molecule has 0 aliphatic heterocycles. The Balaban J connectivity index is 2.09. The quantitative estimate of drug-likeness (QED) is 0.913. The first-order valence-electron chi connectivity index (χ1n) is 6.02. The number of anilines is 1. The van der Waals surface area contributed by atoms with Crippen LogP contribution in [0.5, 0.6) is 0 Å². The van der Waals surface area contributed by atoms with Crippen LogP contribution in [0.4, 0.5) is 5.69 Å². The third-order valence-corrected chi connectivity index (χ3v) is 2.95. The minimum absolute atomic E-state index is 0.0625. The molecule has 98 valence electrons. The molecule has 4 nitrogen and oxygen atoms in total. The average Bonchev–Trinajstić information content (AvgIpc) is 2.41. The van der Waals surface area contributed by atoms with Crippen molar-refractivity contribution in [1.29, 1.82) is 0 Å². The Kier molecular flexibility index (Phi) is 3.80. The van der Waals surface area contributed by atoms with Gasteiger partial charge in [-0.1, -0.05) is 29.8 Å². The first kappa shape index (κ1) is 13.1. The zero-order valence-corrected chi connectivity index (χ0v) is 11.0. The van der Waals surface area contributed by atoms with Gasteiger partial charge < -0.3 is 10.0 Å². The van der Waals surface area contributed by atoms with E-state index in [1.165, 1.54) is 17.2 Å². The molecule has 0 unspecified atom stereocenters. The van der Waals surface area contributed by atoms with Crippen molar-refractivity contribution in [3.63, 3.8) is 0 Å². The molecule has 1 N–H and O–H groups in total. The van der Waals surface area contributed by atoms with Crippen molar-refractivity contribution in [2.24, 2.45) is 0 Å². The minimum Gasteiger partial charge on any atom is -0.477 e. The summed E-state index contributed by atoms with van der Waals surface area (Å²) in [6.07, 6.45) is 1.58. The lowest BCUT2D eigenvalue weighted by Gasteiger charge is -2.19. The van der Waals surface area contributed by atoms with Gasteiger partial charge in [0, 0.05) is 13.6 Å². The number of carboxylic acid groups (broad SMARTS) is 1. The highest BCUT2D eigenvalue weighted by Crippen LogP contribution is 2.15. The Morgan fingerprint density at radius 1 is 1.21 bits per heavy atom. The van der Waals surface area contributed by atoms with E-state index in [-0.39, 0.29) is 5.69 Å². The van der Waals surface area contributed by atoms with Gasteiger partial charge in [0.25, 0.3) is 0 Å². The number of aromatic carboxylic acids is 1. The molecule has 0 saturated carbocycles. The number of aryl methyl sites for hydroxylation is 1. The molecule has 1 heterocycles. The summed E-state index contributed by atoms with van der Waals surface area (Å²) in [5, 5.41) is 8.80. The fourth-order valence-electron chi connectivity index (χ4n) is 1.80. The van der Waals surface area contributed by atoms with Gasteiger partial charge in [0.15, 0.2) is 0 Å². The molecule has 0 fully saturated rings. The van der Waals surface area contributed by atoms with Gasteiger partial charge in [0.05, 0.1) is 11.9 Å². The normalized spacial score (nSPS) is 10.2. The minimum atomic E-state index is -1.01. The van der Waals surface area contributed by atoms with Crippen molar-refractivity contribution in [2.45, 2.75) is 13.5 Å². The highest BCUT2D eigenvalue weighted by molar-refractivity contribution is 5.85. The summed E-state index contributed by atoms with van der Waals surface area (Å²) in [5.41, 5.74) is 3.40. The number of aromatic nitrogens is 1. The Bertz CT molecular complexity index is 562. The van der Waals surface area contributed by atoms with Crippen LogP contribution in [0.2, 0.25) is 0 Å². The molecular weight excluding hydrogens is 240 g/mol. The topological polar surface area (TPSA) is 53.4 Å². The summed E-state index contributed by atoms with van der Waals surface area (Å²) < 4.78 is 0. The third-order valence-electron chi connectivity index (χ3n) is 2.95. The highest BCUT2D eigenvalue weighted by Gasteiger charge is 2.06. The molecule has 0 aliphatic carbocycles. The molecule has 19 heavy (non-hydrogen) atoms. The van der Waals surface area contributed by atoms with E-state index in [2.05, 4.69) is 36.2 Å². The number of pyridine rings is 1. The van der Waals surface area contributed by atoms with E-state index in [1.54, 1.807) is 12.3 Å². The predicted octanol–water partition coefficient (Wildman–Crippen LogP) is 2.72.